The van der Waals surface area contributed by atoms with Crippen molar-refractivity contribution in [1.82, 2.24) is 14.5 Å². The number of benzene rings is 6. The molecule has 0 spiro atoms. The molecule has 0 aliphatic heterocycles. The Balaban J connectivity index is 1.38. The minimum Gasteiger partial charge on any atom is -0.507 e. The average molecular weight is 760 g/mol. The second-order valence-corrected chi connectivity index (χ2v) is 17.9. The fourth-order valence-corrected chi connectivity index (χ4v) is 8.33. The van der Waals surface area contributed by atoms with E-state index in [0.717, 1.165) is 77.7 Å². The minimum atomic E-state index is -0.313. The molecule has 0 saturated carbocycles. The SMILES string of the molecule is CC(C)c1cc(-c2ccccc2)ccc1-n1c(-c2cc(C(C)(C)C)cc(C(C)(C)C)c2O)nc2c(-c3cc(-c4ccccn4)c4c(c3)oc3ccccc34)cccc21. The van der Waals surface area contributed by atoms with Crippen molar-refractivity contribution < 1.29 is 9.52 Å². The van der Waals surface area contributed by atoms with Gasteiger partial charge >= 0.3 is 0 Å². The number of furan rings is 1. The molecule has 0 bridgehead atoms. The summed E-state index contributed by atoms with van der Waals surface area (Å²) in [6.45, 7) is 17.6. The van der Waals surface area contributed by atoms with Crippen LogP contribution in [0, 0.1) is 0 Å². The molecule has 0 unspecified atom stereocenters. The van der Waals surface area contributed by atoms with Crippen molar-refractivity contribution in [3.63, 3.8) is 0 Å². The van der Waals surface area contributed by atoms with Crippen molar-refractivity contribution in [2.45, 2.75) is 72.1 Å². The maximum Gasteiger partial charge on any atom is 0.149 e. The van der Waals surface area contributed by atoms with E-state index in [1.807, 2.05) is 30.5 Å². The molecule has 0 amide bonds. The number of imidazole rings is 1. The van der Waals surface area contributed by atoms with E-state index < -0.39 is 0 Å². The molecule has 1 N–H and O–H groups in total. The minimum absolute atomic E-state index is 0.172. The normalized spacial score (nSPS) is 12.4. The molecule has 0 fully saturated rings. The van der Waals surface area contributed by atoms with Crippen molar-refractivity contribution >= 4 is 33.0 Å². The van der Waals surface area contributed by atoms with E-state index in [-0.39, 0.29) is 22.5 Å². The lowest BCUT2D eigenvalue weighted by atomic mass is 9.79. The van der Waals surface area contributed by atoms with Crippen molar-refractivity contribution in [2.24, 2.45) is 0 Å². The molecule has 0 radical (unpaired) electrons. The first-order chi connectivity index (χ1) is 27.8. The number of phenols is 1. The molecule has 0 aliphatic carbocycles. The van der Waals surface area contributed by atoms with Crippen LogP contribution in [0.15, 0.2) is 144 Å². The van der Waals surface area contributed by atoms with Gasteiger partial charge in [-0.2, -0.15) is 0 Å². The third-order valence-electron chi connectivity index (χ3n) is 11.4. The summed E-state index contributed by atoms with van der Waals surface area (Å²) in [7, 11) is 0. The maximum atomic E-state index is 12.4. The van der Waals surface area contributed by atoms with Gasteiger partial charge in [0.05, 0.1) is 28.0 Å². The first-order valence-electron chi connectivity index (χ1n) is 20.2. The second kappa shape index (κ2) is 13.9. The Kier molecular flexibility index (Phi) is 8.89. The van der Waals surface area contributed by atoms with Crippen LogP contribution in [-0.2, 0) is 10.8 Å². The lowest BCUT2D eigenvalue weighted by Crippen LogP contribution is -2.17. The molecule has 0 saturated heterocycles. The van der Waals surface area contributed by atoms with Crippen molar-refractivity contribution in [3.8, 4) is 56.3 Å². The Hall–Kier alpha value is -6.46. The third kappa shape index (κ3) is 6.35. The van der Waals surface area contributed by atoms with Crippen LogP contribution in [0.25, 0.3) is 83.6 Å². The van der Waals surface area contributed by atoms with E-state index in [2.05, 4.69) is 169 Å². The predicted octanol–water partition coefficient (Wildman–Crippen LogP) is 14.4. The molecular formula is C53H49N3O2. The molecule has 0 atom stereocenters. The lowest BCUT2D eigenvalue weighted by molar-refractivity contribution is 0.446. The third-order valence-corrected chi connectivity index (χ3v) is 11.4. The van der Waals surface area contributed by atoms with Gasteiger partial charge in [0, 0.05) is 33.7 Å². The van der Waals surface area contributed by atoms with E-state index >= 15 is 0 Å². The summed E-state index contributed by atoms with van der Waals surface area (Å²) in [4.78, 5) is 10.4. The van der Waals surface area contributed by atoms with Gasteiger partial charge in [-0.15, -0.1) is 0 Å². The van der Waals surface area contributed by atoms with Gasteiger partial charge in [-0.3, -0.25) is 9.55 Å². The molecule has 3 heterocycles. The maximum absolute atomic E-state index is 12.4. The fraction of sp³-hybridized carbons (Fsp3) is 0.208. The number of fused-ring (bicyclic) bond motifs is 4. The number of phenolic OH excluding ortho intramolecular Hbond substituents is 1. The predicted molar refractivity (Wildman–Crippen MR) is 241 cm³/mol. The first-order valence-corrected chi connectivity index (χ1v) is 20.2. The monoisotopic (exact) mass is 759 g/mol. The number of hydrogen-bond acceptors (Lipinski definition) is 4. The number of para-hydroxylation sites is 2. The van der Waals surface area contributed by atoms with Crippen molar-refractivity contribution in [2.75, 3.05) is 0 Å². The topological polar surface area (TPSA) is 64.1 Å². The summed E-state index contributed by atoms with van der Waals surface area (Å²) < 4.78 is 8.84. The van der Waals surface area contributed by atoms with E-state index in [4.69, 9.17) is 14.4 Å². The van der Waals surface area contributed by atoms with Crippen LogP contribution < -0.4 is 0 Å². The van der Waals surface area contributed by atoms with Gasteiger partial charge in [0.1, 0.15) is 22.7 Å². The number of aromatic nitrogens is 3. The van der Waals surface area contributed by atoms with Gasteiger partial charge in [0.2, 0.25) is 0 Å². The van der Waals surface area contributed by atoms with E-state index in [0.29, 0.717) is 11.4 Å². The molecule has 58 heavy (non-hydrogen) atoms. The van der Waals surface area contributed by atoms with Gasteiger partial charge in [-0.25, -0.2) is 4.98 Å². The standard InChI is InChI=1S/C53H49N3O2/c1-32(2)39-27-34(33-17-10-9-11-18-33)24-25-44(39)56-45-22-16-20-37(49(45)55-51(56)41-30-36(52(3,4)5)31-42(50(41)57)53(6,7)8)35-28-40(43-21-14-15-26-54-43)48-38-19-12-13-23-46(38)58-47(48)29-35/h9-32,57H,1-8H3. The molecule has 3 aromatic heterocycles. The Bertz CT molecular complexity index is 2990. The highest BCUT2D eigenvalue weighted by molar-refractivity contribution is 6.14. The molecule has 9 rings (SSSR count). The summed E-state index contributed by atoms with van der Waals surface area (Å²) in [5.74, 6) is 1.15. The summed E-state index contributed by atoms with van der Waals surface area (Å²) in [6, 6.07) is 46.6. The average Bonchev–Trinajstić information content (AvgIpc) is 3.79. The Morgan fingerprint density at radius 3 is 2.10 bits per heavy atom. The molecule has 288 valence electrons. The number of nitrogens with zero attached hydrogens (tertiary/aromatic N) is 3. The van der Waals surface area contributed by atoms with Crippen molar-refractivity contribution in [3.05, 3.63) is 156 Å². The second-order valence-electron chi connectivity index (χ2n) is 17.9. The first kappa shape index (κ1) is 37.1. The van der Waals surface area contributed by atoms with E-state index in [9.17, 15) is 5.11 Å². The molecule has 5 nitrogen and oxygen atoms in total. The summed E-state index contributed by atoms with van der Waals surface area (Å²) in [5.41, 5.74) is 14.0. The number of aromatic hydroxyl groups is 1. The summed E-state index contributed by atoms with van der Waals surface area (Å²) in [6.07, 6.45) is 1.84. The van der Waals surface area contributed by atoms with Crippen LogP contribution in [0.1, 0.15) is 78.0 Å². The van der Waals surface area contributed by atoms with Crippen LogP contribution in [0.2, 0.25) is 0 Å². The quantitative estimate of drug-likeness (QED) is 0.183. The largest absolute Gasteiger partial charge is 0.507 e. The van der Waals surface area contributed by atoms with Crippen LogP contribution in [0.5, 0.6) is 5.75 Å². The van der Waals surface area contributed by atoms with Crippen LogP contribution in [-0.4, -0.2) is 19.6 Å². The highest BCUT2D eigenvalue weighted by Gasteiger charge is 2.29. The molecular weight excluding hydrogens is 711 g/mol. The van der Waals surface area contributed by atoms with Crippen LogP contribution in [0.4, 0.5) is 0 Å². The smallest absolute Gasteiger partial charge is 0.149 e. The molecule has 5 heteroatoms. The fourth-order valence-electron chi connectivity index (χ4n) is 8.33. The molecule has 6 aromatic carbocycles. The molecule has 0 aliphatic rings. The van der Waals surface area contributed by atoms with Gasteiger partial charge < -0.3 is 9.52 Å². The zero-order valence-corrected chi connectivity index (χ0v) is 34.6. The van der Waals surface area contributed by atoms with Gasteiger partial charge in [0.15, 0.2) is 0 Å². The Labute approximate surface area is 340 Å². The zero-order chi connectivity index (χ0) is 40.5. The van der Waals surface area contributed by atoms with Crippen LogP contribution >= 0.6 is 0 Å². The summed E-state index contributed by atoms with van der Waals surface area (Å²) in [5, 5.41) is 14.5. The Morgan fingerprint density at radius 2 is 1.38 bits per heavy atom. The van der Waals surface area contributed by atoms with Crippen LogP contribution in [0.3, 0.4) is 0 Å². The van der Waals surface area contributed by atoms with E-state index in [1.54, 1.807) is 0 Å². The Morgan fingerprint density at radius 1 is 0.621 bits per heavy atom. The highest BCUT2D eigenvalue weighted by atomic mass is 16.3. The summed E-state index contributed by atoms with van der Waals surface area (Å²) >= 11 is 0. The number of pyridine rings is 1. The highest BCUT2D eigenvalue weighted by Crippen LogP contribution is 2.46. The van der Waals surface area contributed by atoms with Gasteiger partial charge in [0.25, 0.3) is 0 Å². The lowest BCUT2D eigenvalue weighted by Gasteiger charge is -2.28. The van der Waals surface area contributed by atoms with Gasteiger partial charge in [-0.05, 0) is 99.2 Å². The van der Waals surface area contributed by atoms with Crippen molar-refractivity contribution in [1.29, 1.82) is 0 Å². The zero-order valence-electron chi connectivity index (χ0n) is 34.6. The number of hydrogen-bond donors (Lipinski definition) is 1. The molecule has 9 aromatic rings. The van der Waals surface area contributed by atoms with Gasteiger partial charge in [-0.1, -0.05) is 134 Å². The number of rotatable bonds is 6. The van der Waals surface area contributed by atoms with E-state index in [1.165, 1.54) is 11.1 Å².